The summed E-state index contributed by atoms with van der Waals surface area (Å²) >= 11 is 1.56. The zero-order valence-corrected chi connectivity index (χ0v) is 11.0. The molecule has 2 rings (SSSR count). The smallest absolute Gasteiger partial charge is 0.137 e. The third-order valence-electron chi connectivity index (χ3n) is 3.06. The van der Waals surface area contributed by atoms with E-state index >= 15 is 0 Å². The second-order valence-electron chi connectivity index (χ2n) is 4.47. The summed E-state index contributed by atoms with van der Waals surface area (Å²) in [5.74, 6) is -0.177. The Morgan fingerprint density at radius 3 is 2.88 bits per heavy atom. The average Bonchev–Trinajstić information content (AvgIpc) is 2.67. The molecule has 1 saturated heterocycles. The van der Waals surface area contributed by atoms with E-state index in [0.717, 1.165) is 18.6 Å². The minimum absolute atomic E-state index is 0.147. The molecular formula is C13H18FNOS. The van der Waals surface area contributed by atoms with Crippen LogP contribution in [0.15, 0.2) is 23.1 Å². The average molecular weight is 255 g/mol. The maximum absolute atomic E-state index is 13.9. The van der Waals surface area contributed by atoms with E-state index in [4.69, 9.17) is 10.5 Å². The van der Waals surface area contributed by atoms with Gasteiger partial charge in [0.15, 0.2) is 0 Å². The van der Waals surface area contributed by atoms with Crippen molar-refractivity contribution in [2.24, 2.45) is 5.73 Å². The molecular weight excluding hydrogens is 237 g/mol. The number of hydrogen-bond donors (Lipinski definition) is 1. The normalized spacial score (nSPS) is 26.1. The number of benzene rings is 1. The Labute approximate surface area is 106 Å². The summed E-state index contributed by atoms with van der Waals surface area (Å²) in [5, 5.41) is 0.324. The van der Waals surface area contributed by atoms with Gasteiger partial charge >= 0.3 is 0 Å². The molecule has 1 heterocycles. The number of nitrogens with two attached hydrogens (primary N) is 1. The van der Waals surface area contributed by atoms with E-state index < -0.39 is 0 Å². The van der Waals surface area contributed by atoms with Gasteiger partial charge in [0.05, 0.1) is 6.10 Å². The molecule has 1 aromatic rings. The van der Waals surface area contributed by atoms with Gasteiger partial charge in [-0.2, -0.15) is 0 Å². The SMILES string of the molecule is CC(N)c1cccc(F)c1SC1CCOC1C. The van der Waals surface area contributed by atoms with Crippen LogP contribution >= 0.6 is 11.8 Å². The lowest BCUT2D eigenvalue weighted by Crippen LogP contribution is -2.15. The predicted octanol–water partition coefficient (Wildman–Crippen LogP) is 3.11. The topological polar surface area (TPSA) is 35.2 Å². The fraction of sp³-hybridized carbons (Fsp3) is 0.538. The lowest BCUT2D eigenvalue weighted by Gasteiger charge is -2.18. The van der Waals surface area contributed by atoms with E-state index in [2.05, 4.69) is 0 Å². The van der Waals surface area contributed by atoms with Gasteiger partial charge in [-0.05, 0) is 31.9 Å². The van der Waals surface area contributed by atoms with Gasteiger partial charge in [-0.3, -0.25) is 0 Å². The summed E-state index contributed by atoms with van der Waals surface area (Å²) in [6.07, 6.45) is 1.15. The molecule has 0 bridgehead atoms. The van der Waals surface area contributed by atoms with Crippen molar-refractivity contribution in [2.75, 3.05) is 6.61 Å². The molecule has 0 aromatic heterocycles. The zero-order chi connectivity index (χ0) is 12.4. The van der Waals surface area contributed by atoms with Crippen molar-refractivity contribution in [3.05, 3.63) is 29.6 Å². The first-order valence-corrected chi connectivity index (χ1v) is 6.80. The molecule has 0 spiro atoms. The Morgan fingerprint density at radius 1 is 1.53 bits per heavy atom. The van der Waals surface area contributed by atoms with Crippen LogP contribution < -0.4 is 5.73 Å². The van der Waals surface area contributed by atoms with Crippen molar-refractivity contribution < 1.29 is 9.13 Å². The van der Waals surface area contributed by atoms with E-state index in [0.29, 0.717) is 10.1 Å². The lowest BCUT2D eigenvalue weighted by atomic mass is 10.1. The van der Waals surface area contributed by atoms with Crippen LogP contribution in [0.2, 0.25) is 0 Å². The lowest BCUT2D eigenvalue weighted by molar-refractivity contribution is 0.127. The molecule has 4 heteroatoms. The van der Waals surface area contributed by atoms with Crippen molar-refractivity contribution in [2.45, 2.75) is 42.6 Å². The fourth-order valence-electron chi connectivity index (χ4n) is 2.03. The first-order chi connectivity index (χ1) is 8.09. The third-order valence-corrected chi connectivity index (χ3v) is 4.65. The Balaban J connectivity index is 2.24. The molecule has 94 valence electrons. The monoisotopic (exact) mass is 255 g/mol. The molecule has 1 aromatic carbocycles. The van der Waals surface area contributed by atoms with E-state index in [9.17, 15) is 4.39 Å². The second-order valence-corrected chi connectivity index (χ2v) is 5.72. The number of hydrogen-bond acceptors (Lipinski definition) is 3. The minimum Gasteiger partial charge on any atom is -0.377 e. The Hall–Kier alpha value is -0.580. The van der Waals surface area contributed by atoms with Crippen LogP contribution in [0.25, 0.3) is 0 Å². The van der Waals surface area contributed by atoms with Gasteiger partial charge in [0, 0.05) is 22.8 Å². The van der Waals surface area contributed by atoms with Crippen LogP contribution in [-0.4, -0.2) is 18.0 Å². The standard InChI is InChI=1S/C13H18FNOS/c1-8(15)10-4-3-5-11(14)13(10)17-12-6-7-16-9(12)2/h3-5,8-9,12H,6-7,15H2,1-2H3. The van der Waals surface area contributed by atoms with E-state index in [1.807, 2.05) is 19.9 Å². The van der Waals surface area contributed by atoms with E-state index in [1.54, 1.807) is 17.8 Å². The Bertz CT molecular complexity index is 397. The van der Waals surface area contributed by atoms with Gasteiger partial charge < -0.3 is 10.5 Å². The molecule has 0 aliphatic carbocycles. The minimum atomic E-state index is -0.177. The van der Waals surface area contributed by atoms with Gasteiger partial charge in [0.25, 0.3) is 0 Å². The first kappa shape index (κ1) is 12.9. The number of rotatable bonds is 3. The van der Waals surface area contributed by atoms with Crippen molar-refractivity contribution in [1.29, 1.82) is 0 Å². The van der Waals surface area contributed by atoms with Gasteiger partial charge in [0.2, 0.25) is 0 Å². The Morgan fingerprint density at radius 2 is 2.29 bits per heavy atom. The van der Waals surface area contributed by atoms with E-state index in [-0.39, 0.29) is 18.0 Å². The quantitative estimate of drug-likeness (QED) is 0.901. The van der Waals surface area contributed by atoms with Gasteiger partial charge in [-0.1, -0.05) is 12.1 Å². The molecule has 17 heavy (non-hydrogen) atoms. The first-order valence-electron chi connectivity index (χ1n) is 5.92. The molecule has 0 amide bonds. The van der Waals surface area contributed by atoms with Gasteiger partial charge in [-0.15, -0.1) is 11.8 Å². The molecule has 3 unspecified atom stereocenters. The Kier molecular flexibility index (Phi) is 4.07. The second kappa shape index (κ2) is 5.38. The molecule has 2 nitrogen and oxygen atoms in total. The van der Waals surface area contributed by atoms with Crippen LogP contribution in [0, 0.1) is 5.82 Å². The fourth-order valence-corrected chi connectivity index (χ4v) is 3.38. The van der Waals surface area contributed by atoms with Crippen LogP contribution in [0.4, 0.5) is 4.39 Å². The highest BCUT2D eigenvalue weighted by Gasteiger charge is 2.27. The van der Waals surface area contributed by atoms with Crippen molar-refractivity contribution in [3.63, 3.8) is 0 Å². The largest absolute Gasteiger partial charge is 0.377 e. The zero-order valence-electron chi connectivity index (χ0n) is 10.2. The summed E-state index contributed by atoms with van der Waals surface area (Å²) in [6.45, 7) is 4.69. The van der Waals surface area contributed by atoms with Gasteiger partial charge in [-0.25, -0.2) is 4.39 Å². The molecule has 0 radical (unpaired) electrons. The summed E-state index contributed by atoms with van der Waals surface area (Å²) in [4.78, 5) is 0.685. The highest BCUT2D eigenvalue weighted by Crippen LogP contribution is 2.37. The predicted molar refractivity (Wildman–Crippen MR) is 68.7 cm³/mol. The van der Waals surface area contributed by atoms with Crippen LogP contribution in [0.5, 0.6) is 0 Å². The van der Waals surface area contributed by atoms with E-state index in [1.165, 1.54) is 6.07 Å². The summed E-state index contributed by atoms with van der Waals surface area (Å²) in [7, 11) is 0. The molecule has 1 aliphatic rings. The van der Waals surface area contributed by atoms with Crippen LogP contribution in [0.3, 0.4) is 0 Å². The maximum atomic E-state index is 13.9. The van der Waals surface area contributed by atoms with Gasteiger partial charge in [0.1, 0.15) is 5.82 Å². The maximum Gasteiger partial charge on any atom is 0.137 e. The summed E-state index contributed by atoms with van der Waals surface area (Å²) in [5.41, 5.74) is 6.76. The molecule has 1 fully saturated rings. The van der Waals surface area contributed by atoms with Crippen molar-refractivity contribution in [3.8, 4) is 0 Å². The summed E-state index contributed by atoms with van der Waals surface area (Å²) in [6, 6.07) is 4.96. The van der Waals surface area contributed by atoms with Crippen LogP contribution in [-0.2, 0) is 4.74 Å². The molecule has 3 atom stereocenters. The third kappa shape index (κ3) is 2.81. The number of halogens is 1. The van der Waals surface area contributed by atoms with Crippen LogP contribution in [0.1, 0.15) is 31.9 Å². The number of ether oxygens (including phenoxy) is 1. The molecule has 2 N–H and O–H groups in total. The highest BCUT2D eigenvalue weighted by atomic mass is 32.2. The highest BCUT2D eigenvalue weighted by molar-refractivity contribution is 8.00. The van der Waals surface area contributed by atoms with Crippen molar-refractivity contribution in [1.82, 2.24) is 0 Å². The van der Waals surface area contributed by atoms with Crippen molar-refractivity contribution >= 4 is 11.8 Å². The number of thioether (sulfide) groups is 1. The summed E-state index contributed by atoms with van der Waals surface area (Å²) < 4.78 is 19.4. The molecule has 0 saturated carbocycles. The molecule has 1 aliphatic heterocycles.